The van der Waals surface area contributed by atoms with Crippen molar-refractivity contribution in [3.05, 3.63) is 49.6 Å². The highest BCUT2D eigenvalue weighted by atomic mass is 35.5. The van der Waals surface area contributed by atoms with Gasteiger partial charge in [-0.3, -0.25) is 0 Å². The SMILES string of the molecule is CN(Cc1ccccc1Cl)S(=O)(=O)c1cc(Cl)sc1Cl. The summed E-state index contributed by atoms with van der Waals surface area (Å²) in [7, 11) is -2.22. The summed E-state index contributed by atoms with van der Waals surface area (Å²) in [5, 5.41) is 0.518. The zero-order valence-electron chi connectivity index (χ0n) is 10.3. The standard InChI is InChI=1S/C12H10Cl3NO2S2/c1-16(7-8-4-2-3-5-9(8)13)20(17,18)10-6-11(14)19-12(10)15/h2-6H,7H2,1H3. The predicted molar refractivity (Wildman–Crippen MR) is 84.4 cm³/mol. The zero-order chi connectivity index (χ0) is 14.9. The normalized spacial score (nSPS) is 12.1. The molecule has 0 N–H and O–H groups in total. The van der Waals surface area contributed by atoms with E-state index in [1.165, 1.54) is 17.4 Å². The molecule has 0 aliphatic rings. The Morgan fingerprint density at radius 3 is 2.40 bits per heavy atom. The minimum absolute atomic E-state index is 0.0173. The van der Waals surface area contributed by atoms with Crippen LogP contribution >= 0.6 is 46.1 Å². The lowest BCUT2D eigenvalue weighted by Gasteiger charge is -2.17. The number of hydrogen-bond donors (Lipinski definition) is 0. The van der Waals surface area contributed by atoms with Crippen molar-refractivity contribution in [2.45, 2.75) is 11.4 Å². The summed E-state index contributed by atoms with van der Waals surface area (Å²) >= 11 is 18.8. The average molecular weight is 371 g/mol. The quantitative estimate of drug-likeness (QED) is 0.793. The van der Waals surface area contributed by atoms with Crippen molar-refractivity contribution in [3.8, 4) is 0 Å². The third kappa shape index (κ3) is 3.30. The molecule has 2 aromatic rings. The summed E-state index contributed by atoms with van der Waals surface area (Å²) in [5.74, 6) is 0. The summed E-state index contributed by atoms with van der Waals surface area (Å²) in [6.45, 7) is 0.159. The van der Waals surface area contributed by atoms with E-state index in [1.54, 1.807) is 24.3 Å². The Balaban J connectivity index is 2.31. The van der Waals surface area contributed by atoms with Crippen LogP contribution in [0.1, 0.15) is 5.56 Å². The smallest absolute Gasteiger partial charge is 0.207 e. The molecular formula is C12H10Cl3NO2S2. The van der Waals surface area contributed by atoms with Crippen LogP contribution in [0.15, 0.2) is 35.2 Å². The molecule has 8 heteroatoms. The van der Waals surface area contributed by atoms with E-state index in [9.17, 15) is 8.42 Å². The summed E-state index contributed by atoms with van der Waals surface area (Å²) in [6.07, 6.45) is 0. The van der Waals surface area contributed by atoms with Gasteiger partial charge in [-0.2, -0.15) is 4.31 Å². The first-order valence-electron chi connectivity index (χ1n) is 5.47. The van der Waals surface area contributed by atoms with Crippen LogP contribution < -0.4 is 0 Å². The van der Waals surface area contributed by atoms with Crippen LogP contribution in [0.4, 0.5) is 0 Å². The highest BCUT2D eigenvalue weighted by Crippen LogP contribution is 2.36. The van der Waals surface area contributed by atoms with Crippen molar-refractivity contribution >= 4 is 56.2 Å². The third-order valence-electron chi connectivity index (χ3n) is 2.66. The highest BCUT2D eigenvalue weighted by Gasteiger charge is 2.26. The predicted octanol–water partition coefficient (Wildman–Crippen LogP) is 4.53. The molecule has 108 valence electrons. The van der Waals surface area contributed by atoms with Crippen LogP contribution in [0.25, 0.3) is 0 Å². The van der Waals surface area contributed by atoms with Gasteiger partial charge in [-0.15, -0.1) is 11.3 Å². The maximum atomic E-state index is 12.4. The zero-order valence-corrected chi connectivity index (χ0v) is 14.2. The van der Waals surface area contributed by atoms with Gasteiger partial charge >= 0.3 is 0 Å². The van der Waals surface area contributed by atoms with E-state index in [0.717, 1.165) is 16.9 Å². The molecule has 0 fully saturated rings. The molecule has 0 atom stereocenters. The molecule has 1 aromatic carbocycles. The molecule has 0 radical (unpaired) electrons. The van der Waals surface area contributed by atoms with Crippen LogP contribution in [0, 0.1) is 0 Å². The molecular weight excluding hydrogens is 361 g/mol. The minimum Gasteiger partial charge on any atom is -0.207 e. The molecule has 0 aliphatic carbocycles. The Labute approximate surface area is 136 Å². The van der Waals surface area contributed by atoms with E-state index in [2.05, 4.69) is 0 Å². The lowest BCUT2D eigenvalue weighted by Crippen LogP contribution is -2.26. The number of halogens is 3. The Bertz CT molecular complexity index is 728. The van der Waals surface area contributed by atoms with Crippen molar-refractivity contribution in [2.75, 3.05) is 7.05 Å². The fraction of sp³-hybridized carbons (Fsp3) is 0.167. The Kier molecular flexibility index (Phi) is 5.00. The second kappa shape index (κ2) is 6.22. The molecule has 20 heavy (non-hydrogen) atoms. The molecule has 0 amide bonds. The minimum atomic E-state index is -3.70. The van der Waals surface area contributed by atoms with Crippen molar-refractivity contribution in [2.24, 2.45) is 0 Å². The van der Waals surface area contributed by atoms with Gasteiger partial charge in [-0.05, 0) is 17.7 Å². The topological polar surface area (TPSA) is 37.4 Å². The van der Waals surface area contributed by atoms with Gasteiger partial charge in [0.05, 0.1) is 4.34 Å². The summed E-state index contributed by atoms with van der Waals surface area (Å²) < 4.78 is 26.5. The molecule has 3 nitrogen and oxygen atoms in total. The summed E-state index contributed by atoms with van der Waals surface area (Å²) in [6, 6.07) is 8.43. The number of hydrogen-bond acceptors (Lipinski definition) is 3. The van der Waals surface area contributed by atoms with Gasteiger partial charge in [0.2, 0.25) is 10.0 Å². The van der Waals surface area contributed by atoms with E-state index in [0.29, 0.717) is 9.36 Å². The second-order valence-electron chi connectivity index (χ2n) is 4.04. The van der Waals surface area contributed by atoms with Gasteiger partial charge in [0, 0.05) is 18.6 Å². The number of sulfonamides is 1. The van der Waals surface area contributed by atoms with Crippen LogP contribution in [0.2, 0.25) is 13.7 Å². The van der Waals surface area contributed by atoms with Crippen molar-refractivity contribution in [1.82, 2.24) is 4.31 Å². The van der Waals surface area contributed by atoms with Crippen LogP contribution in [0.3, 0.4) is 0 Å². The molecule has 0 saturated carbocycles. The summed E-state index contributed by atoms with van der Waals surface area (Å²) in [4.78, 5) is 0.0173. The van der Waals surface area contributed by atoms with Gasteiger partial charge in [-0.25, -0.2) is 8.42 Å². The Morgan fingerprint density at radius 2 is 1.85 bits per heavy atom. The number of thiophene rings is 1. The maximum absolute atomic E-state index is 12.4. The first-order chi connectivity index (χ1) is 9.32. The Morgan fingerprint density at radius 1 is 1.20 bits per heavy atom. The molecule has 1 heterocycles. The lowest BCUT2D eigenvalue weighted by molar-refractivity contribution is 0.467. The van der Waals surface area contributed by atoms with Crippen molar-refractivity contribution in [3.63, 3.8) is 0 Å². The van der Waals surface area contributed by atoms with Gasteiger partial charge < -0.3 is 0 Å². The first kappa shape index (κ1) is 16.1. The lowest BCUT2D eigenvalue weighted by atomic mass is 10.2. The number of benzene rings is 1. The third-order valence-corrected chi connectivity index (χ3v) is 6.59. The first-order valence-corrected chi connectivity index (χ1v) is 8.86. The van der Waals surface area contributed by atoms with Gasteiger partial charge in [0.1, 0.15) is 9.23 Å². The molecule has 1 aromatic heterocycles. The Hall–Kier alpha value is -0.300. The fourth-order valence-corrected chi connectivity index (χ4v) is 5.07. The van der Waals surface area contributed by atoms with E-state index in [4.69, 9.17) is 34.8 Å². The molecule has 0 bridgehead atoms. The molecule has 0 saturated heterocycles. The maximum Gasteiger partial charge on any atom is 0.245 e. The number of rotatable bonds is 4. The largest absolute Gasteiger partial charge is 0.245 e. The average Bonchev–Trinajstić information content (AvgIpc) is 2.72. The molecule has 0 spiro atoms. The molecule has 0 aliphatic heterocycles. The van der Waals surface area contributed by atoms with Crippen molar-refractivity contribution in [1.29, 1.82) is 0 Å². The second-order valence-corrected chi connectivity index (χ2v) is 8.75. The van der Waals surface area contributed by atoms with Crippen LogP contribution in [0.5, 0.6) is 0 Å². The van der Waals surface area contributed by atoms with Crippen LogP contribution in [-0.4, -0.2) is 19.8 Å². The van der Waals surface area contributed by atoms with Crippen molar-refractivity contribution < 1.29 is 8.42 Å². The van der Waals surface area contributed by atoms with E-state index >= 15 is 0 Å². The summed E-state index contributed by atoms with van der Waals surface area (Å²) in [5.41, 5.74) is 0.720. The van der Waals surface area contributed by atoms with Gasteiger partial charge in [0.25, 0.3) is 0 Å². The monoisotopic (exact) mass is 369 g/mol. The van der Waals surface area contributed by atoms with E-state index in [-0.39, 0.29) is 15.8 Å². The fourth-order valence-electron chi connectivity index (χ4n) is 1.62. The highest BCUT2D eigenvalue weighted by molar-refractivity contribution is 7.89. The van der Waals surface area contributed by atoms with E-state index < -0.39 is 10.0 Å². The number of nitrogens with zero attached hydrogens (tertiary/aromatic N) is 1. The van der Waals surface area contributed by atoms with Gasteiger partial charge in [-0.1, -0.05) is 53.0 Å². The van der Waals surface area contributed by atoms with E-state index in [1.807, 2.05) is 0 Å². The van der Waals surface area contributed by atoms with Gasteiger partial charge in [0.15, 0.2) is 0 Å². The molecule has 0 unspecified atom stereocenters. The molecule has 2 rings (SSSR count). The van der Waals surface area contributed by atoms with Crippen LogP contribution in [-0.2, 0) is 16.6 Å².